The van der Waals surface area contributed by atoms with Crippen LogP contribution in [0.2, 0.25) is 0 Å². The van der Waals surface area contributed by atoms with Crippen molar-refractivity contribution in [2.75, 3.05) is 38.3 Å². The van der Waals surface area contributed by atoms with Gasteiger partial charge >= 0.3 is 0 Å². The highest BCUT2D eigenvalue weighted by molar-refractivity contribution is 5.92. The van der Waals surface area contributed by atoms with Gasteiger partial charge in [0.15, 0.2) is 0 Å². The van der Waals surface area contributed by atoms with E-state index in [-0.39, 0.29) is 5.91 Å². The van der Waals surface area contributed by atoms with E-state index in [4.69, 9.17) is 4.74 Å². The highest BCUT2D eigenvalue weighted by Crippen LogP contribution is 2.12. The molecular weight excluding hydrogens is 206 g/mol. The van der Waals surface area contributed by atoms with Gasteiger partial charge in [-0.3, -0.25) is 4.79 Å². The van der Waals surface area contributed by atoms with E-state index < -0.39 is 0 Å². The number of pyridine rings is 1. The van der Waals surface area contributed by atoms with Crippen LogP contribution in [0.5, 0.6) is 0 Å². The molecule has 5 heteroatoms. The molecule has 1 aliphatic rings. The first-order chi connectivity index (χ1) is 7.81. The smallest absolute Gasteiger partial charge is 0.269 e. The lowest BCUT2D eigenvalue weighted by molar-refractivity contribution is 0.0958. The molecule has 1 saturated heterocycles. The Morgan fingerprint density at radius 2 is 2.19 bits per heavy atom. The molecule has 2 heterocycles. The third-order valence-corrected chi connectivity index (χ3v) is 2.53. The number of hydrogen-bond donors (Lipinski definition) is 1. The van der Waals surface area contributed by atoms with E-state index in [0.29, 0.717) is 18.9 Å². The number of nitrogens with one attached hydrogen (secondary N) is 1. The van der Waals surface area contributed by atoms with Crippen molar-refractivity contribution >= 4 is 11.7 Å². The van der Waals surface area contributed by atoms with Gasteiger partial charge in [-0.15, -0.1) is 0 Å². The molecule has 0 saturated carbocycles. The predicted octanol–water partition coefficient (Wildman–Crippen LogP) is 0.278. The van der Waals surface area contributed by atoms with Crippen LogP contribution in [0.3, 0.4) is 0 Å². The molecule has 1 aromatic heterocycles. The summed E-state index contributed by atoms with van der Waals surface area (Å²) in [6.45, 7) is 3.08. The van der Waals surface area contributed by atoms with Gasteiger partial charge in [0.2, 0.25) is 0 Å². The minimum absolute atomic E-state index is 0.157. The fourth-order valence-electron chi connectivity index (χ4n) is 1.65. The third-order valence-electron chi connectivity index (χ3n) is 2.53. The quantitative estimate of drug-likeness (QED) is 0.779. The Morgan fingerprint density at radius 1 is 1.44 bits per heavy atom. The van der Waals surface area contributed by atoms with Crippen molar-refractivity contribution in [1.82, 2.24) is 10.3 Å². The zero-order chi connectivity index (χ0) is 11.4. The number of ether oxygens (including phenoxy) is 1. The molecule has 0 unspecified atom stereocenters. The summed E-state index contributed by atoms with van der Waals surface area (Å²) < 4.78 is 5.27. The number of anilines is 1. The van der Waals surface area contributed by atoms with E-state index in [9.17, 15) is 4.79 Å². The van der Waals surface area contributed by atoms with Gasteiger partial charge < -0.3 is 15.0 Å². The summed E-state index contributed by atoms with van der Waals surface area (Å²) >= 11 is 0. The number of morpholine rings is 1. The molecule has 0 bridgehead atoms. The zero-order valence-electron chi connectivity index (χ0n) is 9.27. The molecule has 1 aromatic rings. The van der Waals surface area contributed by atoms with Gasteiger partial charge in [-0.25, -0.2) is 4.98 Å². The molecule has 1 fully saturated rings. The van der Waals surface area contributed by atoms with Crippen molar-refractivity contribution in [2.24, 2.45) is 0 Å². The fourth-order valence-corrected chi connectivity index (χ4v) is 1.65. The summed E-state index contributed by atoms with van der Waals surface area (Å²) in [6, 6.07) is 5.48. The number of hydrogen-bond acceptors (Lipinski definition) is 4. The maximum absolute atomic E-state index is 11.4. The zero-order valence-corrected chi connectivity index (χ0v) is 9.27. The second kappa shape index (κ2) is 4.94. The average molecular weight is 221 g/mol. The van der Waals surface area contributed by atoms with E-state index >= 15 is 0 Å². The molecule has 0 spiro atoms. The van der Waals surface area contributed by atoms with E-state index in [1.165, 1.54) is 0 Å². The first-order valence-electron chi connectivity index (χ1n) is 5.33. The lowest BCUT2D eigenvalue weighted by Crippen LogP contribution is -2.37. The van der Waals surface area contributed by atoms with Gasteiger partial charge in [-0.2, -0.15) is 0 Å². The Balaban J connectivity index is 2.17. The number of carbonyl (C=O) groups is 1. The predicted molar refractivity (Wildman–Crippen MR) is 60.7 cm³/mol. The van der Waals surface area contributed by atoms with Crippen LogP contribution >= 0.6 is 0 Å². The van der Waals surface area contributed by atoms with Gasteiger partial charge in [0.05, 0.1) is 13.2 Å². The van der Waals surface area contributed by atoms with Crippen LogP contribution in [0.25, 0.3) is 0 Å². The van der Waals surface area contributed by atoms with E-state index in [2.05, 4.69) is 15.2 Å². The normalized spacial score (nSPS) is 15.9. The van der Waals surface area contributed by atoms with E-state index in [1.807, 2.05) is 12.1 Å². The van der Waals surface area contributed by atoms with Crippen molar-refractivity contribution in [3.8, 4) is 0 Å². The molecule has 86 valence electrons. The van der Waals surface area contributed by atoms with E-state index in [0.717, 1.165) is 18.9 Å². The highest BCUT2D eigenvalue weighted by atomic mass is 16.5. The molecule has 0 atom stereocenters. The minimum Gasteiger partial charge on any atom is -0.378 e. The fraction of sp³-hybridized carbons (Fsp3) is 0.455. The third kappa shape index (κ3) is 2.30. The first-order valence-corrected chi connectivity index (χ1v) is 5.33. The van der Waals surface area contributed by atoms with Crippen LogP contribution < -0.4 is 10.2 Å². The van der Waals surface area contributed by atoms with Gasteiger partial charge in [-0.1, -0.05) is 6.07 Å². The van der Waals surface area contributed by atoms with Gasteiger partial charge in [0.1, 0.15) is 11.5 Å². The Hall–Kier alpha value is -1.62. The number of amides is 1. The highest BCUT2D eigenvalue weighted by Gasteiger charge is 2.13. The standard InChI is InChI=1S/C11H15N3O2/c1-12-11(15)9-3-2-4-10(13-9)14-5-7-16-8-6-14/h2-4H,5-8H2,1H3,(H,12,15). The van der Waals surface area contributed by atoms with Crippen molar-refractivity contribution in [2.45, 2.75) is 0 Å². The molecule has 1 N–H and O–H groups in total. The number of carbonyl (C=O) groups excluding carboxylic acids is 1. The van der Waals surface area contributed by atoms with Gasteiger partial charge in [0.25, 0.3) is 5.91 Å². The summed E-state index contributed by atoms with van der Waals surface area (Å²) in [6.07, 6.45) is 0. The lowest BCUT2D eigenvalue weighted by Gasteiger charge is -2.27. The minimum atomic E-state index is -0.157. The maximum atomic E-state index is 11.4. The molecule has 0 aromatic carbocycles. The molecule has 0 radical (unpaired) electrons. The van der Waals surface area contributed by atoms with Crippen molar-refractivity contribution in [1.29, 1.82) is 0 Å². The monoisotopic (exact) mass is 221 g/mol. The van der Waals surface area contributed by atoms with Crippen LogP contribution in [0.1, 0.15) is 10.5 Å². The van der Waals surface area contributed by atoms with Crippen LogP contribution in [-0.2, 0) is 4.74 Å². The molecule has 2 rings (SSSR count). The maximum Gasteiger partial charge on any atom is 0.269 e. The summed E-state index contributed by atoms with van der Waals surface area (Å²) in [5.41, 5.74) is 0.450. The summed E-state index contributed by atoms with van der Waals surface area (Å²) in [5.74, 6) is 0.680. The van der Waals surface area contributed by atoms with E-state index in [1.54, 1.807) is 13.1 Å². The number of nitrogens with zero attached hydrogens (tertiary/aromatic N) is 2. The Labute approximate surface area is 94.4 Å². The average Bonchev–Trinajstić information content (AvgIpc) is 2.39. The van der Waals surface area contributed by atoms with Gasteiger partial charge in [0, 0.05) is 20.1 Å². The van der Waals surface area contributed by atoms with Crippen LogP contribution in [-0.4, -0.2) is 44.2 Å². The number of aromatic nitrogens is 1. The number of rotatable bonds is 2. The van der Waals surface area contributed by atoms with Crippen molar-refractivity contribution < 1.29 is 9.53 Å². The first kappa shape index (κ1) is 10.9. The second-order valence-corrected chi connectivity index (χ2v) is 3.56. The lowest BCUT2D eigenvalue weighted by atomic mass is 10.3. The molecule has 1 aliphatic heterocycles. The van der Waals surface area contributed by atoms with Crippen LogP contribution in [0.15, 0.2) is 18.2 Å². The molecule has 5 nitrogen and oxygen atoms in total. The summed E-state index contributed by atoms with van der Waals surface area (Å²) in [4.78, 5) is 17.9. The largest absolute Gasteiger partial charge is 0.378 e. The molecule has 0 aliphatic carbocycles. The van der Waals surface area contributed by atoms with Gasteiger partial charge in [-0.05, 0) is 12.1 Å². The summed E-state index contributed by atoms with van der Waals surface area (Å²) in [7, 11) is 1.60. The topological polar surface area (TPSA) is 54.5 Å². The van der Waals surface area contributed by atoms with Crippen molar-refractivity contribution in [3.63, 3.8) is 0 Å². The Morgan fingerprint density at radius 3 is 2.88 bits per heavy atom. The molecule has 1 amide bonds. The molecule has 16 heavy (non-hydrogen) atoms. The Kier molecular flexibility index (Phi) is 3.36. The van der Waals surface area contributed by atoms with Crippen LogP contribution in [0.4, 0.5) is 5.82 Å². The SMILES string of the molecule is CNC(=O)c1cccc(N2CCOCC2)n1. The Bertz CT molecular complexity index is 375. The van der Waals surface area contributed by atoms with Crippen molar-refractivity contribution in [3.05, 3.63) is 23.9 Å². The second-order valence-electron chi connectivity index (χ2n) is 3.56. The summed E-state index contributed by atoms with van der Waals surface area (Å²) in [5, 5.41) is 2.57. The molecular formula is C11H15N3O2. The van der Waals surface area contributed by atoms with Crippen LogP contribution in [0, 0.1) is 0 Å².